The highest BCUT2D eigenvalue weighted by atomic mass is 35.5. The van der Waals surface area contributed by atoms with E-state index in [4.69, 9.17) is 32.7 Å². The molecule has 7 nitrogen and oxygen atoms in total. The molecule has 4 aromatic carbocycles. The Bertz CT molecular complexity index is 1740. The van der Waals surface area contributed by atoms with Gasteiger partial charge in [-0.1, -0.05) is 71.7 Å². The Morgan fingerprint density at radius 1 is 0.682 bits per heavy atom. The molecule has 4 aromatic rings. The minimum absolute atomic E-state index is 0.123. The van der Waals surface area contributed by atoms with Crippen LogP contribution in [0.2, 0.25) is 10.0 Å². The molecule has 2 fully saturated rings. The second-order valence-electron chi connectivity index (χ2n) is 11.1. The Morgan fingerprint density at radius 2 is 1.27 bits per heavy atom. The summed E-state index contributed by atoms with van der Waals surface area (Å²) in [7, 11) is 3.27. The number of allylic oxidation sites excluding steroid dienone is 1. The third-order valence-electron chi connectivity index (χ3n) is 8.69. The number of fused-ring (bicyclic) bond motifs is 3. The number of hydrazine groups is 1. The molecule has 0 bridgehead atoms. The molecular weight excluding hydrogens is 597 g/mol. The number of anilines is 2. The summed E-state index contributed by atoms with van der Waals surface area (Å²) in [5.74, 6) is -0.176. The van der Waals surface area contributed by atoms with E-state index >= 15 is 0 Å². The van der Waals surface area contributed by atoms with Gasteiger partial charge in [-0.2, -0.15) is 0 Å². The summed E-state index contributed by atoms with van der Waals surface area (Å²) < 4.78 is 10.8. The Kier molecular flexibility index (Phi) is 7.23. The molecule has 3 aliphatic heterocycles. The highest BCUT2D eigenvalue weighted by molar-refractivity contribution is 6.36. The summed E-state index contributed by atoms with van der Waals surface area (Å²) in [5, 5.41) is 4.90. The number of halogens is 2. The average molecular weight is 627 g/mol. The highest BCUT2D eigenvalue weighted by Crippen LogP contribution is 2.53. The van der Waals surface area contributed by atoms with Crippen molar-refractivity contribution in [2.75, 3.05) is 24.1 Å². The first-order valence-corrected chi connectivity index (χ1v) is 15.1. The largest absolute Gasteiger partial charge is 0.497 e. The fourth-order valence-electron chi connectivity index (χ4n) is 6.74. The van der Waals surface area contributed by atoms with Crippen molar-refractivity contribution in [1.82, 2.24) is 5.01 Å². The van der Waals surface area contributed by atoms with Crippen LogP contribution in [0.1, 0.15) is 29.5 Å². The zero-order valence-electron chi connectivity index (χ0n) is 24.1. The van der Waals surface area contributed by atoms with Crippen LogP contribution in [0.5, 0.6) is 11.5 Å². The van der Waals surface area contributed by atoms with Gasteiger partial charge < -0.3 is 9.47 Å². The summed E-state index contributed by atoms with van der Waals surface area (Å²) in [6.07, 6.45) is 2.80. The standard InChI is InChI=1S/C35H29Cl2N3O4/c1-43-28-12-8-21(9-13-28)30-19-27-20-31(22-10-14-29(44-2)15-11-22)39(25-6-4-3-5-7-25)40(27)33-32(30)34(41)38(35(33)42)26-17-23(36)16-24(37)18-26/h3-19,30-33H,20H2,1-2H3. The third-order valence-corrected chi connectivity index (χ3v) is 9.13. The number of ether oxygens (including phenoxy) is 2. The van der Waals surface area contributed by atoms with Crippen LogP contribution in [-0.2, 0) is 9.59 Å². The minimum atomic E-state index is -0.796. The summed E-state index contributed by atoms with van der Waals surface area (Å²) in [6.45, 7) is 0. The number of imide groups is 1. The number of carbonyl (C=O) groups excluding carboxylic acids is 2. The maximum absolute atomic E-state index is 14.6. The van der Waals surface area contributed by atoms with E-state index < -0.39 is 12.0 Å². The lowest BCUT2D eigenvalue weighted by molar-refractivity contribution is -0.122. The van der Waals surface area contributed by atoms with Gasteiger partial charge in [-0.05, 0) is 65.7 Å². The Labute approximate surface area is 265 Å². The number of benzene rings is 4. The number of nitrogens with zero attached hydrogens (tertiary/aromatic N) is 3. The summed E-state index contributed by atoms with van der Waals surface area (Å²) in [5.41, 5.74) is 4.25. The molecule has 222 valence electrons. The van der Waals surface area contributed by atoms with Gasteiger partial charge in [0.15, 0.2) is 0 Å². The molecule has 0 N–H and O–H groups in total. The van der Waals surface area contributed by atoms with E-state index in [1.54, 1.807) is 32.4 Å². The molecule has 2 amide bonds. The Balaban J connectivity index is 1.40. The number of hydrogen-bond acceptors (Lipinski definition) is 6. The Morgan fingerprint density at radius 3 is 1.86 bits per heavy atom. The lowest BCUT2D eigenvalue weighted by Crippen LogP contribution is -2.53. The van der Waals surface area contributed by atoms with Crippen molar-refractivity contribution in [2.24, 2.45) is 5.92 Å². The molecule has 3 heterocycles. The van der Waals surface area contributed by atoms with Gasteiger partial charge in [0.1, 0.15) is 17.5 Å². The van der Waals surface area contributed by atoms with E-state index in [0.29, 0.717) is 22.2 Å². The molecule has 0 radical (unpaired) electrons. The van der Waals surface area contributed by atoms with Gasteiger partial charge in [-0.3, -0.25) is 19.6 Å². The third kappa shape index (κ3) is 4.68. The Hall–Kier alpha value is -4.46. The van der Waals surface area contributed by atoms with Crippen molar-refractivity contribution in [3.63, 3.8) is 0 Å². The van der Waals surface area contributed by atoms with Crippen LogP contribution in [0.4, 0.5) is 11.4 Å². The van der Waals surface area contributed by atoms with Crippen LogP contribution in [0.25, 0.3) is 0 Å². The molecular formula is C35H29Cl2N3O4. The van der Waals surface area contributed by atoms with Crippen molar-refractivity contribution >= 4 is 46.4 Å². The maximum atomic E-state index is 14.6. The van der Waals surface area contributed by atoms with E-state index in [-0.39, 0.29) is 23.8 Å². The van der Waals surface area contributed by atoms with Crippen LogP contribution in [0, 0.1) is 5.92 Å². The molecule has 7 rings (SSSR count). The quantitative estimate of drug-likeness (QED) is 0.208. The van der Waals surface area contributed by atoms with Gasteiger partial charge in [-0.15, -0.1) is 0 Å². The smallest absolute Gasteiger partial charge is 0.259 e. The molecule has 4 atom stereocenters. The number of carbonyl (C=O) groups is 2. The van der Waals surface area contributed by atoms with Gasteiger partial charge in [0.05, 0.1) is 37.6 Å². The number of para-hydroxylation sites is 1. The molecule has 4 unspecified atom stereocenters. The molecule has 0 spiro atoms. The molecule has 9 heteroatoms. The normalized spacial score (nSPS) is 22.5. The monoisotopic (exact) mass is 625 g/mol. The van der Waals surface area contributed by atoms with Crippen LogP contribution in [-0.4, -0.2) is 37.1 Å². The number of methoxy groups -OCH3 is 2. The van der Waals surface area contributed by atoms with Crippen LogP contribution >= 0.6 is 23.2 Å². The second-order valence-corrected chi connectivity index (χ2v) is 12.0. The number of rotatable bonds is 6. The molecule has 2 saturated heterocycles. The predicted octanol–water partition coefficient (Wildman–Crippen LogP) is 7.42. The first-order valence-electron chi connectivity index (χ1n) is 14.3. The zero-order valence-corrected chi connectivity index (χ0v) is 25.6. The van der Waals surface area contributed by atoms with Crippen molar-refractivity contribution in [3.8, 4) is 11.5 Å². The SMILES string of the molecule is COc1ccc(C2C=C3CC(c4ccc(OC)cc4)N(c4ccccc4)N3C3C(=O)N(c4cc(Cl)cc(Cl)c4)C(=O)C23)cc1. The summed E-state index contributed by atoms with van der Waals surface area (Å²) in [6, 6.07) is 29.6. The predicted molar refractivity (Wildman–Crippen MR) is 171 cm³/mol. The van der Waals surface area contributed by atoms with Crippen LogP contribution in [0.15, 0.2) is 109 Å². The maximum Gasteiger partial charge on any atom is 0.259 e. The summed E-state index contributed by atoms with van der Waals surface area (Å²) in [4.78, 5) is 30.3. The van der Waals surface area contributed by atoms with Crippen LogP contribution in [0.3, 0.4) is 0 Å². The highest BCUT2D eigenvalue weighted by Gasteiger charge is 2.60. The van der Waals surface area contributed by atoms with E-state index in [2.05, 4.69) is 23.2 Å². The average Bonchev–Trinajstić information content (AvgIpc) is 3.55. The lowest BCUT2D eigenvalue weighted by atomic mass is 9.78. The van der Waals surface area contributed by atoms with Gasteiger partial charge in [0, 0.05) is 28.1 Å². The van der Waals surface area contributed by atoms with Crippen molar-refractivity contribution < 1.29 is 19.1 Å². The van der Waals surface area contributed by atoms with Crippen molar-refractivity contribution in [1.29, 1.82) is 0 Å². The zero-order chi connectivity index (χ0) is 30.5. The second kappa shape index (κ2) is 11.2. The number of hydrogen-bond donors (Lipinski definition) is 0. The first kappa shape index (κ1) is 28.3. The van der Waals surface area contributed by atoms with Gasteiger partial charge in [-0.25, -0.2) is 4.90 Å². The van der Waals surface area contributed by atoms with E-state index in [0.717, 1.165) is 34.0 Å². The van der Waals surface area contributed by atoms with Crippen molar-refractivity contribution in [3.05, 3.63) is 130 Å². The van der Waals surface area contributed by atoms with Gasteiger partial charge in [0.2, 0.25) is 5.91 Å². The van der Waals surface area contributed by atoms with Gasteiger partial charge in [0.25, 0.3) is 5.91 Å². The van der Waals surface area contributed by atoms with E-state index in [1.165, 1.54) is 4.90 Å². The lowest BCUT2D eigenvalue weighted by Gasteiger charge is -2.43. The molecule has 0 aromatic heterocycles. The minimum Gasteiger partial charge on any atom is -0.497 e. The molecule has 44 heavy (non-hydrogen) atoms. The fraction of sp³-hybridized carbons (Fsp3) is 0.200. The van der Waals surface area contributed by atoms with Crippen molar-refractivity contribution in [2.45, 2.75) is 24.4 Å². The molecule has 0 aliphatic carbocycles. The van der Waals surface area contributed by atoms with Crippen LogP contribution < -0.4 is 19.4 Å². The van der Waals surface area contributed by atoms with E-state index in [9.17, 15) is 9.59 Å². The number of amides is 2. The topological polar surface area (TPSA) is 62.3 Å². The summed E-state index contributed by atoms with van der Waals surface area (Å²) >= 11 is 12.7. The molecule has 0 saturated carbocycles. The first-order chi connectivity index (χ1) is 21.4. The fourth-order valence-corrected chi connectivity index (χ4v) is 7.26. The van der Waals surface area contributed by atoms with E-state index in [1.807, 2.05) is 71.7 Å². The van der Waals surface area contributed by atoms with Gasteiger partial charge >= 0.3 is 0 Å². The molecule has 3 aliphatic rings.